The van der Waals surface area contributed by atoms with E-state index < -0.39 is 0 Å². The number of carbonyl (C=O) groups excluding carboxylic acids is 1. The highest BCUT2D eigenvalue weighted by Gasteiger charge is 2.21. The summed E-state index contributed by atoms with van der Waals surface area (Å²) in [6, 6.07) is 15.4. The van der Waals surface area contributed by atoms with Gasteiger partial charge in [0.25, 0.3) is 5.91 Å². The van der Waals surface area contributed by atoms with Crippen LogP contribution >= 0.6 is 0 Å². The second-order valence-electron chi connectivity index (χ2n) is 7.98. The number of amides is 1. The zero-order valence-corrected chi connectivity index (χ0v) is 18.1. The van der Waals surface area contributed by atoms with Gasteiger partial charge in [0.2, 0.25) is 0 Å². The Morgan fingerprint density at radius 1 is 1.12 bits per heavy atom. The van der Waals surface area contributed by atoms with Crippen LogP contribution in [-0.4, -0.2) is 27.3 Å². The Bertz CT molecular complexity index is 1260. The predicted octanol–water partition coefficient (Wildman–Crippen LogP) is 5.21. The van der Waals surface area contributed by atoms with E-state index in [1.807, 2.05) is 55.5 Å². The fourth-order valence-electron chi connectivity index (χ4n) is 4.25. The minimum atomic E-state index is -0.298. The van der Waals surface area contributed by atoms with Gasteiger partial charge in [-0.3, -0.25) is 4.79 Å². The van der Waals surface area contributed by atoms with Crippen LogP contribution in [0.2, 0.25) is 0 Å². The molecule has 0 saturated carbocycles. The molecule has 0 spiro atoms. The second-order valence-corrected chi connectivity index (χ2v) is 7.98. The quantitative estimate of drug-likeness (QED) is 0.454. The minimum absolute atomic E-state index is 0.279. The first-order chi connectivity index (χ1) is 15.7. The molecule has 1 amide bonds. The molecule has 0 atom stereocenters. The number of nitrogens with one attached hydrogen (secondary N) is 1. The van der Waals surface area contributed by atoms with Crippen molar-refractivity contribution in [3.63, 3.8) is 0 Å². The van der Waals surface area contributed by atoms with Gasteiger partial charge < -0.3 is 19.0 Å². The number of carbonyl (C=O) groups is 1. The van der Waals surface area contributed by atoms with E-state index in [1.165, 1.54) is 6.42 Å². The number of aromatic nitrogens is 3. The van der Waals surface area contributed by atoms with Crippen molar-refractivity contribution in [2.75, 3.05) is 11.9 Å². The van der Waals surface area contributed by atoms with Crippen molar-refractivity contribution < 1.29 is 13.9 Å². The number of hydrogen-bond donors (Lipinski definition) is 1. The molecule has 7 heteroatoms. The summed E-state index contributed by atoms with van der Waals surface area (Å²) in [5.41, 5.74) is 3.05. The predicted molar refractivity (Wildman–Crippen MR) is 123 cm³/mol. The van der Waals surface area contributed by atoms with E-state index in [0.29, 0.717) is 24.5 Å². The van der Waals surface area contributed by atoms with E-state index in [2.05, 4.69) is 20.1 Å². The van der Waals surface area contributed by atoms with Crippen LogP contribution in [-0.2, 0) is 24.3 Å². The van der Waals surface area contributed by atoms with Crippen LogP contribution in [0.25, 0.3) is 22.4 Å². The molecule has 1 aliphatic rings. The normalized spacial score (nSPS) is 13.7. The standard InChI is InChI=1S/C25H26N4O3/c1-2-31-16-20-19-11-5-6-12-21(19)32-23(20)25(30)26-18-10-8-9-17(15-18)24-28-27-22-13-4-3-7-14-29(22)24/h5-6,8-12,15H,2-4,7,13-14,16H2,1H3,(H,26,30). The number of para-hydroxylation sites is 1. The Balaban J connectivity index is 1.43. The van der Waals surface area contributed by atoms with Gasteiger partial charge in [-0.05, 0) is 38.0 Å². The van der Waals surface area contributed by atoms with Gasteiger partial charge >= 0.3 is 0 Å². The molecule has 2 aromatic heterocycles. The second kappa shape index (κ2) is 8.96. The monoisotopic (exact) mass is 430 g/mol. The average molecular weight is 431 g/mol. The van der Waals surface area contributed by atoms with E-state index in [0.717, 1.165) is 54.0 Å². The highest BCUT2D eigenvalue weighted by atomic mass is 16.5. The molecule has 32 heavy (non-hydrogen) atoms. The number of hydrogen-bond acceptors (Lipinski definition) is 5. The summed E-state index contributed by atoms with van der Waals surface area (Å²) in [7, 11) is 0. The third-order valence-electron chi connectivity index (χ3n) is 5.84. The van der Waals surface area contributed by atoms with Gasteiger partial charge in [0.05, 0.1) is 6.61 Å². The first-order valence-electron chi connectivity index (χ1n) is 11.2. The maximum absolute atomic E-state index is 13.2. The maximum atomic E-state index is 13.2. The fraction of sp³-hybridized carbons (Fsp3) is 0.320. The number of anilines is 1. The van der Waals surface area contributed by atoms with Crippen molar-refractivity contribution in [2.24, 2.45) is 0 Å². The van der Waals surface area contributed by atoms with Gasteiger partial charge in [-0.15, -0.1) is 10.2 Å². The SMILES string of the molecule is CCOCc1c(C(=O)Nc2cccc(-c3nnc4n3CCCCC4)c2)oc2ccccc12. The lowest BCUT2D eigenvalue weighted by Gasteiger charge is -2.09. The molecule has 5 rings (SSSR count). The van der Waals surface area contributed by atoms with Crippen molar-refractivity contribution in [1.82, 2.24) is 14.8 Å². The van der Waals surface area contributed by atoms with Crippen molar-refractivity contribution in [3.05, 3.63) is 65.7 Å². The van der Waals surface area contributed by atoms with Crippen LogP contribution in [0.15, 0.2) is 52.9 Å². The molecule has 1 aliphatic heterocycles. The highest BCUT2D eigenvalue weighted by Crippen LogP contribution is 2.29. The van der Waals surface area contributed by atoms with Crippen LogP contribution in [0.5, 0.6) is 0 Å². The lowest BCUT2D eigenvalue weighted by Crippen LogP contribution is -2.13. The highest BCUT2D eigenvalue weighted by molar-refractivity contribution is 6.06. The van der Waals surface area contributed by atoms with Crippen LogP contribution in [0.3, 0.4) is 0 Å². The summed E-state index contributed by atoms with van der Waals surface area (Å²) in [6.07, 6.45) is 4.44. The van der Waals surface area contributed by atoms with Crippen LogP contribution < -0.4 is 5.32 Å². The summed E-state index contributed by atoms with van der Waals surface area (Å²) in [4.78, 5) is 13.2. The molecular weight excluding hydrogens is 404 g/mol. The Morgan fingerprint density at radius 3 is 2.94 bits per heavy atom. The van der Waals surface area contributed by atoms with Gasteiger partial charge in [-0.2, -0.15) is 0 Å². The van der Waals surface area contributed by atoms with Crippen LogP contribution in [0.4, 0.5) is 5.69 Å². The third-order valence-corrected chi connectivity index (χ3v) is 5.84. The molecule has 3 heterocycles. The molecule has 7 nitrogen and oxygen atoms in total. The smallest absolute Gasteiger partial charge is 0.291 e. The Morgan fingerprint density at radius 2 is 2.03 bits per heavy atom. The van der Waals surface area contributed by atoms with Crippen LogP contribution in [0, 0.1) is 0 Å². The first-order valence-corrected chi connectivity index (χ1v) is 11.2. The van der Waals surface area contributed by atoms with Gasteiger partial charge in [-0.25, -0.2) is 0 Å². The number of benzene rings is 2. The molecule has 0 radical (unpaired) electrons. The topological polar surface area (TPSA) is 82.2 Å². The number of fused-ring (bicyclic) bond motifs is 2. The van der Waals surface area contributed by atoms with Crippen molar-refractivity contribution >= 4 is 22.6 Å². The Kier molecular flexibility index (Phi) is 5.73. The summed E-state index contributed by atoms with van der Waals surface area (Å²) < 4.78 is 13.7. The molecule has 0 unspecified atom stereocenters. The van der Waals surface area contributed by atoms with E-state index >= 15 is 0 Å². The summed E-state index contributed by atoms with van der Waals surface area (Å²) in [5.74, 6) is 1.86. The average Bonchev–Trinajstić information content (AvgIpc) is 3.31. The van der Waals surface area contributed by atoms with Crippen LogP contribution in [0.1, 0.15) is 48.1 Å². The number of furan rings is 1. The van der Waals surface area contributed by atoms with E-state index in [1.54, 1.807) is 0 Å². The maximum Gasteiger partial charge on any atom is 0.291 e. The zero-order valence-electron chi connectivity index (χ0n) is 18.1. The molecular formula is C25H26N4O3. The number of nitrogens with zero attached hydrogens (tertiary/aromatic N) is 3. The van der Waals surface area contributed by atoms with Crippen molar-refractivity contribution in [1.29, 1.82) is 0 Å². The number of aryl methyl sites for hydroxylation is 1. The molecule has 1 N–H and O–H groups in total. The van der Waals surface area contributed by atoms with E-state index in [4.69, 9.17) is 9.15 Å². The molecule has 4 aromatic rings. The van der Waals surface area contributed by atoms with Crippen molar-refractivity contribution in [2.45, 2.75) is 45.8 Å². The summed E-state index contributed by atoms with van der Waals surface area (Å²) >= 11 is 0. The Labute approximate surface area is 186 Å². The molecule has 164 valence electrons. The lowest BCUT2D eigenvalue weighted by molar-refractivity contribution is 0.0984. The first kappa shape index (κ1) is 20.5. The number of rotatable bonds is 6. The molecule has 0 fully saturated rings. The Hall–Kier alpha value is -3.45. The largest absolute Gasteiger partial charge is 0.451 e. The molecule has 0 saturated heterocycles. The van der Waals surface area contributed by atoms with E-state index in [9.17, 15) is 4.79 Å². The molecule has 0 aliphatic carbocycles. The summed E-state index contributed by atoms with van der Waals surface area (Å²) in [6.45, 7) is 3.74. The van der Waals surface area contributed by atoms with E-state index in [-0.39, 0.29) is 11.7 Å². The number of ether oxygens (including phenoxy) is 1. The van der Waals surface area contributed by atoms with Gasteiger partial charge in [0, 0.05) is 41.8 Å². The van der Waals surface area contributed by atoms with Crippen molar-refractivity contribution in [3.8, 4) is 11.4 Å². The summed E-state index contributed by atoms with van der Waals surface area (Å²) in [5, 5.41) is 12.7. The fourth-order valence-corrected chi connectivity index (χ4v) is 4.25. The van der Waals surface area contributed by atoms with Gasteiger partial charge in [0.15, 0.2) is 11.6 Å². The van der Waals surface area contributed by atoms with Gasteiger partial charge in [0.1, 0.15) is 11.4 Å². The molecule has 2 aromatic carbocycles. The molecule has 0 bridgehead atoms. The third kappa shape index (κ3) is 3.91. The van der Waals surface area contributed by atoms with Gasteiger partial charge in [-0.1, -0.05) is 36.8 Å². The minimum Gasteiger partial charge on any atom is -0.451 e. The zero-order chi connectivity index (χ0) is 21.9. The lowest BCUT2D eigenvalue weighted by atomic mass is 10.1.